The van der Waals surface area contributed by atoms with Gasteiger partial charge >= 0.3 is 5.69 Å². The molecule has 0 spiro atoms. The number of hydrogen-bond donors (Lipinski definition) is 3. The van der Waals surface area contributed by atoms with Crippen LogP contribution in [0.1, 0.15) is 20.1 Å². The lowest BCUT2D eigenvalue weighted by atomic mass is 10.1. The van der Waals surface area contributed by atoms with E-state index in [0.29, 0.717) is 0 Å². The number of rotatable bonds is 3. The third-order valence-electron chi connectivity index (χ3n) is 3.79. The number of H-pyrrole nitrogens is 1. The van der Waals surface area contributed by atoms with Crippen molar-refractivity contribution in [1.82, 2.24) is 9.55 Å². The van der Waals surface area contributed by atoms with Crippen LogP contribution in [0.3, 0.4) is 0 Å². The van der Waals surface area contributed by atoms with E-state index in [2.05, 4.69) is 4.98 Å². The summed E-state index contributed by atoms with van der Waals surface area (Å²) in [6.45, 7) is 3.32. The van der Waals surface area contributed by atoms with Gasteiger partial charge in [0, 0.05) is 12.3 Å². The Morgan fingerprint density at radius 1 is 1.39 bits per heavy atom. The molecule has 0 bridgehead atoms. The highest BCUT2D eigenvalue weighted by Gasteiger charge is 2.58. The quantitative estimate of drug-likeness (QED) is 0.571. The third kappa shape index (κ3) is 2.70. The van der Waals surface area contributed by atoms with Gasteiger partial charge in [0.2, 0.25) is 5.91 Å². The molecular weight excluding hydrogens is 310 g/mol. The number of aliphatic hydroxyl groups is 1. The second-order valence-corrected chi connectivity index (χ2v) is 5.92. The number of ether oxygens (including phenoxy) is 3. The predicted octanol–water partition coefficient (Wildman–Crippen LogP) is -2.20. The van der Waals surface area contributed by atoms with Crippen LogP contribution in [0.2, 0.25) is 0 Å². The Morgan fingerprint density at radius 2 is 2.04 bits per heavy atom. The molecular formula is C13H17N3O7. The lowest BCUT2D eigenvalue weighted by Gasteiger charge is -2.25. The van der Waals surface area contributed by atoms with Gasteiger partial charge in [-0.25, -0.2) is 4.79 Å². The number of nitrogens with two attached hydrogens (primary N) is 1. The smallest absolute Gasteiger partial charge is 0.330 e. The molecule has 2 aliphatic rings. The number of aromatic amines is 1. The zero-order chi connectivity index (χ0) is 16.9. The summed E-state index contributed by atoms with van der Waals surface area (Å²) in [6, 6.07) is 1.15. The molecule has 0 radical (unpaired) electrons. The van der Waals surface area contributed by atoms with E-state index in [1.54, 1.807) is 13.8 Å². The summed E-state index contributed by atoms with van der Waals surface area (Å²) >= 11 is 0. The molecule has 1 aromatic heterocycles. The fourth-order valence-corrected chi connectivity index (χ4v) is 2.88. The van der Waals surface area contributed by atoms with Gasteiger partial charge in [0.25, 0.3) is 5.56 Å². The summed E-state index contributed by atoms with van der Waals surface area (Å²) in [6.07, 6.45) is -4.00. The van der Waals surface area contributed by atoms with E-state index >= 15 is 0 Å². The van der Waals surface area contributed by atoms with E-state index in [-0.39, 0.29) is 0 Å². The molecule has 10 nitrogen and oxygen atoms in total. The highest BCUT2D eigenvalue weighted by atomic mass is 16.8. The fraction of sp³-hybridized carbons (Fsp3) is 0.615. The number of aromatic nitrogens is 2. The Hall–Kier alpha value is -2.01. The van der Waals surface area contributed by atoms with Crippen LogP contribution in [0.25, 0.3) is 0 Å². The first-order valence-electron chi connectivity index (χ1n) is 6.99. The van der Waals surface area contributed by atoms with Crippen LogP contribution in [0, 0.1) is 0 Å². The van der Waals surface area contributed by atoms with Crippen molar-refractivity contribution < 1.29 is 24.1 Å². The predicted molar refractivity (Wildman–Crippen MR) is 74.3 cm³/mol. The van der Waals surface area contributed by atoms with Gasteiger partial charge in [-0.1, -0.05) is 0 Å². The number of carbonyl (C=O) groups excluding carboxylic acids is 1. The summed E-state index contributed by atoms with van der Waals surface area (Å²) < 4.78 is 18.1. The van der Waals surface area contributed by atoms with Crippen molar-refractivity contribution in [2.24, 2.45) is 5.73 Å². The Bertz CT molecular complexity index is 740. The number of carbonyl (C=O) groups is 1. The minimum absolute atomic E-state index is 0.557. The molecule has 10 heteroatoms. The van der Waals surface area contributed by atoms with Crippen molar-refractivity contribution in [2.45, 2.75) is 50.3 Å². The lowest BCUT2D eigenvalue weighted by molar-refractivity contribution is -0.207. The van der Waals surface area contributed by atoms with Crippen molar-refractivity contribution in [3.8, 4) is 0 Å². The first-order valence-corrected chi connectivity index (χ1v) is 6.99. The largest absolute Gasteiger partial charge is 0.380 e. The van der Waals surface area contributed by atoms with Crippen molar-refractivity contribution in [1.29, 1.82) is 0 Å². The SMILES string of the molecule is CC1(C)O[C@H]2[C@@H](O1)[C@H](n1ccc(=O)[nH]c1=O)O[C@@H]2[C@@H](O)C(N)=O. The monoisotopic (exact) mass is 327 g/mol. The number of nitrogens with zero attached hydrogens (tertiary/aromatic N) is 1. The summed E-state index contributed by atoms with van der Waals surface area (Å²) in [5, 5.41) is 9.94. The molecule has 126 valence electrons. The summed E-state index contributed by atoms with van der Waals surface area (Å²) in [4.78, 5) is 36.5. The molecule has 4 N–H and O–H groups in total. The molecule has 2 aliphatic heterocycles. The van der Waals surface area contributed by atoms with Gasteiger partial charge in [0.1, 0.15) is 18.3 Å². The molecule has 0 aliphatic carbocycles. The maximum atomic E-state index is 12.0. The van der Waals surface area contributed by atoms with Crippen LogP contribution in [0.15, 0.2) is 21.9 Å². The van der Waals surface area contributed by atoms with E-state index in [9.17, 15) is 19.5 Å². The van der Waals surface area contributed by atoms with Crippen LogP contribution in [-0.4, -0.2) is 50.8 Å². The van der Waals surface area contributed by atoms with Gasteiger partial charge < -0.3 is 25.1 Å². The highest BCUT2D eigenvalue weighted by molar-refractivity contribution is 5.79. The molecule has 0 saturated carbocycles. The molecule has 1 amide bonds. The Balaban J connectivity index is 2.00. The number of nitrogens with one attached hydrogen (secondary N) is 1. The van der Waals surface area contributed by atoms with Crippen molar-refractivity contribution >= 4 is 5.91 Å². The minimum atomic E-state index is -1.62. The highest BCUT2D eigenvalue weighted by Crippen LogP contribution is 2.43. The third-order valence-corrected chi connectivity index (χ3v) is 3.79. The van der Waals surface area contributed by atoms with Gasteiger partial charge in [0.05, 0.1) is 0 Å². The van der Waals surface area contributed by atoms with E-state index in [1.165, 1.54) is 6.20 Å². The number of hydrogen-bond acceptors (Lipinski definition) is 7. The molecule has 1 aromatic rings. The number of fused-ring (bicyclic) bond motifs is 1. The number of primary amides is 1. The number of aliphatic hydroxyl groups excluding tert-OH is 1. The van der Waals surface area contributed by atoms with Crippen LogP contribution in [0.4, 0.5) is 0 Å². The topological polar surface area (TPSA) is 146 Å². The van der Waals surface area contributed by atoms with Crippen LogP contribution in [-0.2, 0) is 19.0 Å². The average molecular weight is 327 g/mol. The molecule has 5 atom stereocenters. The van der Waals surface area contributed by atoms with Crippen LogP contribution >= 0.6 is 0 Å². The first kappa shape index (κ1) is 15.9. The molecule has 0 unspecified atom stereocenters. The molecule has 2 fully saturated rings. The van der Waals surface area contributed by atoms with Crippen LogP contribution < -0.4 is 17.0 Å². The summed E-state index contributed by atoms with van der Waals surface area (Å²) in [7, 11) is 0. The minimum Gasteiger partial charge on any atom is -0.380 e. The normalized spacial score (nSPS) is 33.3. The lowest BCUT2D eigenvalue weighted by Crippen LogP contribution is -2.45. The number of amides is 1. The maximum absolute atomic E-state index is 12.0. The van der Waals surface area contributed by atoms with Gasteiger partial charge in [-0.05, 0) is 13.8 Å². The molecule has 0 aromatic carbocycles. The van der Waals surface area contributed by atoms with Crippen molar-refractivity contribution in [3.63, 3.8) is 0 Å². The van der Waals surface area contributed by atoms with Gasteiger partial charge in [-0.2, -0.15) is 0 Å². The van der Waals surface area contributed by atoms with E-state index in [4.69, 9.17) is 19.9 Å². The second kappa shape index (κ2) is 5.27. The van der Waals surface area contributed by atoms with Crippen molar-refractivity contribution in [3.05, 3.63) is 33.1 Å². The molecule has 2 saturated heterocycles. The van der Waals surface area contributed by atoms with Gasteiger partial charge in [-0.15, -0.1) is 0 Å². The van der Waals surface area contributed by atoms with E-state index in [0.717, 1.165) is 10.6 Å². The van der Waals surface area contributed by atoms with Crippen LogP contribution in [0.5, 0.6) is 0 Å². The molecule has 3 heterocycles. The molecule has 23 heavy (non-hydrogen) atoms. The second-order valence-electron chi connectivity index (χ2n) is 5.92. The molecule has 3 rings (SSSR count). The summed E-state index contributed by atoms with van der Waals surface area (Å²) in [5.74, 6) is -1.96. The fourth-order valence-electron chi connectivity index (χ4n) is 2.88. The maximum Gasteiger partial charge on any atom is 0.330 e. The van der Waals surface area contributed by atoms with E-state index < -0.39 is 53.6 Å². The summed E-state index contributed by atoms with van der Waals surface area (Å²) in [5.41, 5.74) is 3.86. The standard InChI is InChI=1S/C13H17N3O7/c1-13(2)22-8-7(6(18)10(14)19)21-11(9(8)23-13)16-4-3-5(17)15-12(16)20/h3-4,6-9,11,18H,1-2H3,(H2,14,19)(H,15,17,20)/t6-,7-,8-,9-,11-/m1/s1. The zero-order valence-electron chi connectivity index (χ0n) is 12.5. The van der Waals surface area contributed by atoms with E-state index in [1.807, 2.05) is 0 Å². The zero-order valence-corrected chi connectivity index (χ0v) is 12.5. The first-order chi connectivity index (χ1) is 10.7. The Morgan fingerprint density at radius 3 is 2.65 bits per heavy atom. The van der Waals surface area contributed by atoms with Crippen molar-refractivity contribution in [2.75, 3.05) is 0 Å². The van der Waals surface area contributed by atoms with Gasteiger partial charge in [0.15, 0.2) is 18.1 Å². The Labute approximate surface area is 129 Å². The van der Waals surface area contributed by atoms with Gasteiger partial charge in [-0.3, -0.25) is 19.1 Å². The average Bonchev–Trinajstić information content (AvgIpc) is 2.91. The Kier molecular flexibility index (Phi) is 3.64.